The Kier molecular flexibility index (Phi) is 21.0. The molecule has 1 unspecified atom stereocenters. The first-order valence-corrected chi connectivity index (χ1v) is 10.4. The zero-order valence-corrected chi connectivity index (χ0v) is 22.7. The van der Waals surface area contributed by atoms with Gasteiger partial charge in [0.05, 0.1) is 31.7 Å². The third-order valence-corrected chi connectivity index (χ3v) is 5.19. The minimum absolute atomic E-state index is 0. The van der Waals surface area contributed by atoms with E-state index in [1.54, 1.807) is 0 Å². The van der Waals surface area contributed by atoms with Crippen molar-refractivity contribution in [3.63, 3.8) is 0 Å². The van der Waals surface area contributed by atoms with Crippen LogP contribution in [0.2, 0.25) is 0 Å². The van der Waals surface area contributed by atoms with E-state index in [9.17, 15) is 19.8 Å². The van der Waals surface area contributed by atoms with E-state index in [1.807, 2.05) is 0 Å². The molecule has 1 atom stereocenters. The second kappa shape index (κ2) is 19.2. The molecule has 0 aromatic carbocycles. The number of carbonyl (C=O) groups is 2. The number of hydrogen-bond donors (Lipinski definition) is 0. The van der Waals surface area contributed by atoms with Crippen molar-refractivity contribution >= 4 is 17.8 Å². The van der Waals surface area contributed by atoms with E-state index in [4.69, 9.17) is 4.74 Å². The van der Waals surface area contributed by atoms with Crippen molar-refractivity contribution in [2.75, 3.05) is 39.4 Å². The Morgan fingerprint density at radius 3 is 2.10 bits per heavy atom. The average molecular weight is 429 g/mol. The topological polar surface area (TPSA) is 102 Å². The van der Waals surface area contributed by atoms with Crippen LogP contribution in [-0.4, -0.2) is 61.7 Å². The number of nitrogens with zero attached hydrogens (tertiary/aromatic N) is 2. The number of amidine groups is 1. The molecule has 1 heterocycles. The molecule has 29 heavy (non-hydrogen) atoms. The number of carboxylic acid groups (broad SMARTS) is 2. The predicted molar refractivity (Wildman–Crippen MR) is 99.8 cm³/mol. The number of carbonyl (C=O) groups excluding carboxylic acids is 2. The van der Waals surface area contributed by atoms with Gasteiger partial charge in [-0.2, -0.15) is 0 Å². The number of ether oxygens (including phenoxy) is 1. The molecule has 0 bridgehead atoms. The molecule has 1 rings (SSSR count). The third-order valence-electron chi connectivity index (χ3n) is 5.19. The fraction of sp³-hybridized carbons (Fsp3) is 0.850. The largest absolute Gasteiger partial charge is 1.00 e. The Morgan fingerprint density at radius 1 is 0.966 bits per heavy atom. The molecule has 0 aliphatic carbocycles. The Morgan fingerprint density at radius 2 is 1.55 bits per heavy atom. The van der Waals surface area contributed by atoms with E-state index in [0.717, 1.165) is 25.1 Å². The van der Waals surface area contributed by atoms with Gasteiger partial charge in [0.15, 0.2) is 5.84 Å². The van der Waals surface area contributed by atoms with E-state index >= 15 is 0 Å². The molecule has 0 radical (unpaired) electrons. The van der Waals surface area contributed by atoms with Crippen molar-refractivity contribution in [2.24, 2.45) is 4.99 Å². The Bertz CT molecular complexity index is 491. The summed E-state index contributed by atoms with van der Waals surface area (Å²) in [6.07, 6.45) is 11.9. The van der Waals surface area contributed by atoms with Crippen molar-refractivity contribution < 1.29 is 88.1 Å². The number of quaternary nitrogens is 1. The fourth-order valence-corrected chi connectivity index (χ4v) is 3.69. The van der Waals surface area contributed by atoms with Crippen LogP contribution in [0.3, 0.4) is 0 Å². The van der Waals surface area contributed by atoms with Gasteiger partial charge in [0.2, 0.25) is 0 Å². The van der Waals surface area contributed by atoms with Gasteiger partial charge in [0.1, 0.15) is 19.6 Å². The number of hydrogen-bond acceptors (Lipinski definition) is 6. The molecule has 0 saturated heterocycles. The van der Waals surface area contributed by atoms with E-state index in [0.29, 0.717) is 19.6 Å². The summed E-state index contributed by atoms with van der Waals surface area (Å²) in [5.74, 6) is -1.50. The van der Waals surface area contributed by atoms with Crippen molar-refractivity contribution in [1.29, 1.82) is 0 Å². The van der Waals surface area contributed by atoms with Crippen molar-refractivity contribution in [3.05, 3.63) is 0 Å². The van der Waals surface area contributed by atoms with Gasteiger partial charge in [-0.1, -0.05) is 58.3 Å². The van der Waals surface area contributed by atoms with Gasteiger partial charge in [-0.25, -0.2) is 4.99 Å². The quantitative estimate of drug-likeness (QED) is 0.131. The molecule has 0 saturated carbocycles. The molecule has 1 aliphatic heterocycles. The van der Waals surface area contributed by atoms with Gasteiger partial charge in [0, 0.05) is 6.42 Å². The maximum Gasteiger partial charge on any atom is 1.00 e. The van der Waals surface area contributed by atoms with Crippen LogP contribution in [0.25, 0.3) is 0 Å². The molecule has 0 fully saturated rings. The molecule has 7 nitrogen and oxygen atoms in total. The number of aliphatic imine (C=N–C) groups is 1. The van der Waals surface area contributed by atoms with E-state index in [-0.39, 0.29) is 76.7 Å². The minimum atomic E-state index is -1.27. The van der Waals surface area contributed by atoms with Gasteiger partial charge in [-0.3, -0.25) is 4.48 Å². The molecule has 1 aliphatic rings. The van der Waals surface area contributed by atoms with Crippen LogP contribution in [0.4, 0.5) is 0 Å². The van der Waals surface area contributed by atoms with Crippen LogP contribution in [0.1, 0.15) is 71.1 Å². The molecule has 0 aromatic heterocycles. The summed E-state index contributed by atoms with van der Waals surface area (Å²) in [7, 11) is 0. The summed E-state index contributed by atoms with van der Waals surface area (Å²) in [6.45, 7) is 3.38. The number of rotatable bonds is 17. The maximum absolute atomic E-state index is 11.2. The summed E-state index contributed by atoms with van der Waals surface area (Å²) in [5, 5.41) is 21.7. The number of carboxylic acids is 2. The smallest absolute Gasteiger partial charge is 0.548 e. The Balaban J connectivity index is 0. The molecule has 0 aromatic rings. The summed E-state index contributed by atoms with van der Waals surface area (Å²) in [4.78, 5) is 26.2. The third kappa shape index (κ3) is 14.3. The number of aliphatic carboxylic acids is 2. The number of unbranched alkanes of at least 4 members (excludes halogenated alkanes) is 8. The maximum atomic E-state index is 11.2. The van der Waals surface area contributed by atoms with Crippen LogP contribution in [0.5, 0.6) is 0 Å². The summed E-state index contributed by atoms with van der Waals surface area (Å²) in [6, 6.07) is 0. The Labute approximate surface area is 219 Å². The summed E-state index contributed by atoms with van der Waals surface area (Å²) >= 11 is 0. The standard InChI is InChI=1S/C20H36N2O5.2Na/c1-2-3-4-5-6-7-8-9-10-11-18-21-12-13-22(18,16-19(23)24)14-15-27-17-20(25)26;;/h2-17H2,1H3,(H-,23,24,25,26);;/q;2*+1/p-1. The summed E-state index contributed by atoms with van der Waals surface area (Å²) in [5.41, 5.74) is 0. The first-order valence-electron chi connectivity index (χ1n) is 10.4. The van der Waals surface area contributed by atoms with E-state index in [1.165, 1.54) is 44.9 Å². The van der Waals surface area contributed by atoms with E-state index in [2.05, 4.69) is 11.9 Å². The molecular weight excluding hydrogens is 394 g/mol. The molecular formula is C20H35N2Na2O5+. The predicted octanol–water partition coefficient (Wildman–Crippen LogP) is -5.34. The van der Waals surface area contributed by atoms with Crippen molar-refractivity contribution in [2.45, 2.75) is 71.1 Å². The fourth-order valence-electron chi connectivity index (χ4n) is 3.69. The second-order valence-corrected chi connectivity index (χ2v) is 7.42. The van der Waals surface area contributed by atoms with Crippen LogP contribution in [-0.2, 0) is 14.3 Å². The molecule has 0 N–H and O–H groups in total. The first-order chi connectivity index (χ1) is 13.0. The molecule has 0 spiro atoms. The van der Waals surface area contributed by atoms with Crippen LogP contribution >= 0.6 is 0 Å². The van der Waals surface area contributed by atoms with Gasteiger partial charge in [-0.05, 0) is 6.42 Å². The van der Waals surface area contributed by atoms with Crippen LogP contribution < -0.4 is 69.3 Å². The zero-order valence-electron chi connectivity index (χ0n) is 18.7. The van der Waals surface area contributed by atoms with Crippen molar-refractivity contribution in [1.82, 2.24) is 0 Å². The van der Waals surface area contributed by atoms with Crippen LogP contribution in [0, 0.1) is 0 Å². The monoisotopic (exact) mass is 429 g/mol. The molecule has 9 heteroatoms. The first kappa shape index (κ1) is 31.7. The molecule has 0 amide bonds. The minimum Gasteiger partial charge on any atom is -0.548 e. The zero-order chi connectivity index (χ0) is 20.0. The van der Waals surface area contributed by atoms with Crippen molar-refractivity contribution in [3.8, 4) is 0 Å². The SMILES string of the molecule is CCCCCCCCCCCC1=NCC[N+]1(CCOCC(=O)[O-])CC(=O)[O-].[Na+].[Na+]. The van der Waals surface area contributed by atoms with Gasteiger partial charge in [-0.15, -0.1) is 0 Å². The molecule has 156 valence electrons. The summed E-state index contributed by atoms with van der Waals surface area (Å²) < 4.78 is 5.29. The van der Waals surface area contributed by atoms with Crippen LogP contribution in [0.15, 0.2) is 4.99 Å². The van der Waals surface area contributed by atoms with Gasteiger partial charge < -0.3 is 24.5 Å². The Hall–Kier alpha value is 0.530. The average Bonchev–Trinajstić information content (AvgIpc) is 2.99. The van der Waals surface area contributed by atoms with Gasteiger partial charge >= 0.3 is 59.1 Å². The second-order valence-electron chi connectivity index (χ2n) is 7.42. The van der Waals surface area contributed by atoms with E-state index < -0.39 is 18.5 Å². The normalized spacial score (nSPS) is 17.9. The van der Waals surface area contributed by atoms with Gasteiger partial charge in [0.25, 0.3) is 0 Å².